The van der Waals surface area contributed by atoms with Gasteiger partial charge < -0.3 is 29.2 Å². The summed E-state index contributed by atoms with van der Waals surface area (Å²) in [6.07, 6.45) is 1.32. The number of amides is 2. The van der Waals surface area contributed by atoms with Gasteiger partial charge in [-0.1, -0.05) is 23.8 Å². The quantitative estimate of drug-likeness (QED) is 0.494. The largest absolute Gasteiger partial charge is 0.493 e. The minimum absolute atomic E-state index is 0.139. The summed E-state index contributed by atoms with van der Waals surface area (Å²) < 4.78 is 22.0. The minimum Gasteiger partial charge on any atom is -0.493 e. The van der Waals surface area contributed by atoms with E-state index in [9.17, 15) is 4.79 Å². The zero-order chi connectivity index (χ0) is 24.9. The monoisotopic (exact) mass is 476 g/mol. The van der Waals surface area contributed by atoms with Crippen molar-refractivity contribution in [3.63, 3.8) is 0 Å². The Morgan fingerprint density at radius 1 is 0.857 bits per heavy atom. The Balaban J connectivity index is 1.71. The van der Waals surface area contributed by atoms with E-state index in [1.165, 1.54) is 0 Å². The first-order valence-corrected chi connectivity index (χ1v) is 11.6. The number of carbonyl (C=O) groups excluding carboxylic acids is 1. The van der Waals surface area contributed by atoms with Crippen molar-refractivity contribution < 1.29 is 23.7 Å². The maximum atomic E-state index is 13.5. The van der Waals surface area contributed by atoms with Gasteiger partial charge in [-0.2, -0.15) is 0 Å². The third-order valence-corrected chi connectivity index (χ3v) is 6.44. The molecular weight excluding hydrogens is 444 g/mol. The molecule has 184 valence electrons. The van der Waals surface area contributed by atoms with Crippen molar-refractivity contribution in [1.29, 1.82) is 0 Å². The third-order valence-electron chi connectivity index (χ3n) is 6.44. The number of carbonyl (C=O) groups is 1. The van der Waals surface area contributed by atoms with E-state index in [-0.39, 0.29) is 12.1 Å². The Morgan fingerprint density at radius 2 is 1.49 bits per heavy atom. The molecule has 3 aromatic rings. The molecule has 0 fully saturated rings. The molecule has 4 rings (SSSR count). The average molecular weight is 477 g/mol. The fraction of sp³-hybridized carbons (Fsp3) is 0.321. The number of hydrogen-bond acceptors (Lipinski definition) is 5. The van der Waals surface area contributed by atoms with E-state index in [1.54, 1.807) is 28.4 Å². The third kappa shape index (κ3) is 5.14. The number of methoxy groups -OCH3 is 4. The second-order valence-corrected chi connectivity index (χ2v) is 8.55. The number of urea groups is 1. The molecule has 0 saturated carbocycles. The highest BCUT2D eigenvalue weighted by Gasteiger charge is 2.32. The highest BCUT2D eigenvalue weighted by molar-refractivity contribution is 5.90. The number of nitrogens with one attached hydrogen (secondary N) is 1. The lowest BCUT2D eigenvalue weighted by molar-refractivity contribution is 0.181. The van der Waals surface area contributed by atoms with E-state index >= 15 is 0 Å². The molecule has 1 aliphatic heterocycles. The molecule has 1 aliphatic rings. The summed E-state index contributed by atoms with van der Waals surface area (Å²) in [5.74, 6) is 2.66. The van der Waals surface area contributed by atoms with Crippen molar-refractivity contribution >= 4 is 11.7 Å². The number of aryl methyl sites for hydroxylation is 1. The van der Waals surface area contributed by atoms with E-state index in [0.717, 1.165) is 34.4 Å². The Bertz CT molecular complexity index is 1190. The number of anilines is 1. The molecule has 1 N–H and O–H groups in total. The van der Waals surface area contributed by atoms with Crippen LogP contribution in [0.4, 0.5) is 10.5 Å². The lowest BCUT2D eigenvalue weighted by atomic mass is 9.88. The van der Waals surface area contributed by atoms with Crippen LogP contribution in [0.25, 0.3) is 0 Å². The SMILES string of the molecule is COc1ccc(CC2c3cc(OC)c(OC)cc3CCN2C(=O)Nc2ccc(C)cc2)cc1OC. The zero-order valence-corrected chi connectivity index (χ0v) is 20.9. The van der Waals surface area contributed by atoms with Crippen LogP contribution in [0.5, 0.6) is 23.0 Å². The molecule has 7 nitrogen and oxygen atoms in total. The second-order valence-electron chi connectivity index (χ2n) is 8.55. The van der Waals surface area contributed by atoms with Crippen LogP contribution in [-0.2, 0) is 12.8 Å². The molecule has 1 unspecified atom stereocenters. The standard InChI is InChI=1S/C28H32N2O5/c1-18-6-9-21(10-7-18)29-28(31)30-13-12-20-16-26(34-4)27(35-5)17-22(20)23(30)14-19-8-11-24(32-2)25(15-19)33-3/h6-11,15-17,23H,12-14H2,1-5H3,(H,29,31). The van der Waals surface area contributed by atoms with Gasteiger partial charge in [-0.15, -0.1) is 0 Å². The van der Waals surface area contributed by atoms with Gasteiger partial charge in [0, 0.05) is 12.2 Å². The molecule has 0 bridgehead atoms. The number of rotatable bonds is 7. The summed E-state index contributed by atoms with van der Waals surface area (Å²) in [4.78, 5) is 15.4. The average Bonchev–Trinajstić information content (AvgIpc) is 2.89. The van der Waals surface area contributed by atoms with Gasteiger partial charge in [0.1, 0.15) is 0 Å². The topological polar surface area (TPSA) is 69.3 Å². The number of ether oxygens (including phenoxy) is 4. The predicted octanol–water partition coefficient (Wildman–Crippen LogP) is 5.40. The van der Waals surface area contributed by atoms with Crippen molar-refractivity contribution in [2.75, 3.05) is 40.3 Å². The van der Waals surface area contributed by atoms with E-state index in [4.69, 9.17) is 18.9 Å². The van der Waals surface area contributed by atoms with Gasteiger partial charge >= 0.3 is 6.03 Å². The Labute approximate surface area is 206 Å². The van der Waals surface area contributed by atoms with Gasteiger partial charge in [0.15, 0.2) is 23.0 Å². The van der Waals surface area contributed by atoms with Crippen molar-refractivity contribution in [3.8, 4) is 23.0 Å². The maximum Gasteiger partial charge on any atom is 0.322 e. The summed E-state index contributed by atoms with van der Waals surface area (Å²) in [6, 6.07) is 17.3. The fourth-order valence-electron chi connectivity index (χ4n) is 4.55. The number of nitrogens with zero attached hydrogens (tertiary/aromatic N) is 1. The van der Waals surface area contributed by atoms with Crippen LogP contribution in [0.15, 0.2) is 54.6 Å². The van der Waals surface area contributed by atoms with E-state index in [0.29, 0.717) is 36.0 Å². The van der Waals surface area contributed by atoms with Crippen molar-refractivity contribution in [2.45, 2.75) is 25.8 Å². The molecule has 0 radical (unpaired) electrons. The van der Waals surface area contributed by atoms with Gasteiger partial charge in [0.05, 0.1) is 34.5 Å². The first-order valence-electron chi connectivity index (χ1n) is 11.6. The van der Waals surface area contributed by atoms with E-state index in [2.05, 4.69) is 5.32 Å². The van der Waals surface area contributed by atoms with Crippen LogP contribution in [0, 0.1) is 6.92 Å². The molecule has 1 heterocycles. The van der Waals surface area contributed by atoms with Crippen LogP contribution < -0.4 is 24.3 Å². The summed E-state index contributed by atoms with van der Waals surface area (Å²) in [5, 5.41) is 3.06. The lowest BCUT2D eigenvalue weighted by Gasteiger charge is -2.38. The van der Waals surface area contributed by atoms with Crippen LogP contribution >= 0.6 is 0 Å². The number of hydrogen-bond donors (Lipinski definition) is 1. The summed E-state index contributed by atoms with van der Waals surface area (Å²) in [5.41, 5.74) is 5.13. The maximum absolute atomic E-state index is 13.5. The zero-order valence-electron chi connectivity index (χ0n) is 20.9. The van der Waals surface area contributed by atoms with Gasteiger partial charge in [0.25, 0.3) is 0 Å². The Morgan fingerprint density at radius 3 is 2.14 bits per heavy atom. The second kappa shape index (κ2) is 10.6. The highest BCUT2D eigenvalue weighted by Crippen LogP contribution is 2.40. The van der Waals surface area contributed by atoms with Gasteiger partial charge in [0.2, 0.25) is 0 Å². The molecule has 7 heteroatoms. The molecule has 2 amide bonds. The van der Waals surface area contributed by atoms with Crippen LogP contribution in [0.2, 0.25) is 0 Å². The molecule has 3 aromatic carbocycles. The predicted molar refractivity (Wildman–Crippen MR) is 136 cm³/mol. The first kappa shape index (κ1) is 24.3. The Kier molecular flexibility index (Phi) is 7.34. The smallest absolute Gasteiger partial charge is 0.322 e. The number of benzene rings is 3. The molecule has 0 aromatic heterocycles. The summed E-state index contributed by atoms with van der Waals surface area (Å²) >= 11 is 0. The van der Waals surface area contributed by atoms with Crippen LogP contribution in [0.1, 0.15) is 28.3 Å². The highest BCUT2D eigenvalue weighted by atomic mass is 16.5. The summed E-state index contributed by atoms with van der Waals surface area (Å²) in [6.45, 7) is 2.60. The van der Waals surface area contributed by atoms with Crippen molar-refractivity contribution in [2.24, 2.45) is 0 Å². The molecule has 35 heavy (non-hydrogen) atoms. The van der Waals surface area contributed by atoms with Crippen LogP contribution in [0.3, 0.4) is 0 Å². The van der Waals surface area contributed by atoms with Gasteiger partial charge in [-0.3, -0.25) is 0 Å². The minimum atomic E-state index is -0.206. The number of fused-ring (bicyclic) bond motifs is 1. The molecule has 1 atom stereocenters. The summed E-state index contributed by atoms with van der Waals surface area (Å²) in [7, 11) is 6.50. The van der Waals surface area contributed by atoms with Gasteiger partial charge in [-0.25, -0.2) is 4.79 Å². The molecular formula is C28H32N2O5. The molecule has 0 saturated heterocycles. The lowest BCUT2D eigenvalue weighted by Crippen LogP contribution is -2.43. The molecule has 0 spiro atoms. The van der Waals surface area contributed by atoms with Crippen LogP contribution in [-0.4, -0.2) is 45.9 Å². The van der Waals surface area contributed by atoms with E-state index in [1.807, 2.05) is 66.4 Å². The Hall–Kier alpha value is -3.87. The van der Waals surface area contributed by atoms with Crippen molar-refractivity contribution in [3.05, 3.63) is 76.9 Å². The fourth-order valence-corrected chi connectivity index (χ4v) is 4.55. The normalized spacial score (nSPS) is 14.7. The first-order chi connectivity index (χ1) is 17.0. The van der Waals surface area contributed by atoms with E-state index < -0.39 is 0 Å². The van der Waals surface area contributed by atoms with Gasteiger partial charge in [-0.05, 0) is 72.9 Å². The van der Waals surface area contributed by atoms with Crippen molar-refractivity contribution in [1.82, 2.24) is 4.90 Å². The molecule has 0 aliphatic carbocycles.